The molecule has 2 aromatic rings. The highest BCUT2D eigenvalue weighted by Crippen LogP contribution is 2.26. The van der Waals surface area contributed by atoms with E-state index < -0.39 is 35.5 Å². The monoisotopic (exact) mass is 581 g/mol. The average molecular weight is 582 g/mol. The van der Waals surface area contributed by atoms with E-state index in [2.05, 4.69) is 10.6 Å². The van der Waals surface area contributed by atoms with Crippen LogP contribution in [0.4, 0.5) is 4.79 Å². The number of esters is 2. The fourth-order valence-electron chi connectivity index (χ4n) is 4.58. The highest BCUT2D eigenvalue weighted by Gasteiger charge is 2.44. The minimum Gasteiger partial charge on any atom is -0.465 e. The second-order valence-corrected chi connectivity index (χ2v) is 11.1. The molecular formula is C31H39N3O8. The molecule has 0 bridgehead atoms. The Morgan fingerprint density at radius 3 is 1.43 bits per heavy atom. The molecule has 0 aliphatic carbocycles. The van der Waals surface area contributed by atoms with Gasteiger partial charge in [-0.1, -0.05) is 24.3 Å². The number of amides is 3. The van der Waals surface area contributed by atoms with E-state index in [1.54, 1.807) is 69.3 Å². The number of nitrogens with one attached hydrogen (secondary N) is 2. The van der Waals surface area contributed by atoms with Gasteiger partial charge in [-0.05, 0) is 69.0 Å². The molecule has 42 heavy (non-hydrogen) atoms. The summed E-state index contributed by atoms with van der Waals surface area (Å²) in [6.45, 7) is 6.01. The van der Waals surface area contributed by atoms with Crippen molar-refractivity contribution in [3.8, 4) is 0 Å². The lowest BCUT2D eigenvalue weighted by molar-refractivity contribution is -0.132. The lowest BCUT2D eigenvalue weighted by atomic mass is 9.94. The minimum atomic E-state index is -0.751. The molecule has 1 fully saturated rings. The number of hydrogen-bond donors (Lipinski definition) is 2. The summed E-state index contributed by atoms with van der Waals surface area (Å²) < 4.78 is 14.9. The Balaban J connectivity index is 1.60. The van der Waals surface area contributed by atoms with Gasteiger partial charge < -0.3 is 29.7 Å². The maximum Gasteiger partial charge on any atom is 0.410 e. The first kappa shape index (κ1) is 32.1. The normalized spacial score (nSPS) is 16.4. The summed E-state index contributed by atoms with van der Waals surface area (Å²) in [7, 11) is 2.64. The van der Waals surface area contributed by atoms with Gasteiger partial charge in [0.15, 0.2) is 0 Å². The number of likely N-dealkylation sites (tertiary alicyclic amines) is 1. The molecule has 2 atom stereocenters. The van der Waals surface area contributed by atoms with Gasteiger partial charge in [0.2, 0.25) is 11.8 Å². The zero-order valence-electron chi connectivity index (χ0n) is 24.7. The molecule has 11 nitrogen and oxygen atoms in total. The summed E-state index contributed by atoms with van der Waals surface area (Å²) in [4.78, 5) is 63.9. The van der Waals surface area contributed by atoms with Crippen LogP contribution in [0.2, 0.25) is 0 Å². The third kappa shape index (κ3) is 9.05. The summed E-state index contributed by atoms with van der Waals surface area (Å²) in [6.07, 6.45) is 0.454. The van der Waals surface area contributed by atoms with Crippen LogP contribution >= 0.6 is 0 Å². The zero-order valence-corrected chi connectivity index (χ0v) is 24.7. The van der Waals surface area contributed by atoms with Crippen molar-refractivity contribution in [1.29, 1.82) is 0 Å². The number of nitrogens with zero attached hydrogens (tertiary/aromatic N) is 1. The van der Waals surface area contributed by atoms with Crippen LogP contribution in [0.5, 0.6) is 0 Å². The van der Waals surface area contributed by atoms with E-state index in [9.17, 15) is 24.0 Å². The molecule has 0 spiro atoms. The molecule has 1 saturated heterocycles. The molecule has 1 aliphatic heterocycles. The summed E-state index contributed by atoms with van der Waals surface area (Å²) >= 11 is 0. The fourth-order valence-corrected chi connectivity index (χ4v) is 4.58. The van der Waals surface area contributed by atoms with Gasteiger partial charge >= 0.3 is 18.0 Å². The van der Waals surface area contributed by atoms with Crippen LogP contribution in [0.25, 0.3) is 0 Å². The first-order chi connectivity index (χ1) is 19.9. The van der Waals surface area contributed by atoms with Gasteiger partial charge in [-0.2, -0.15) is 0 Å². The average Bonchev–Trinajstić information content (AvgIpc) is 3.42. The van der Waals surface area contributed by atoms with Crippen LogP contribution in [0.15, 0.2) is 48.5 Å². The Labute approximate surface area is 245 Å². The number of ether oxygens (including phenoxy) is 3. The quantitative estimate of drug-likeness (QED) is 0.323. The largest absolute Gasteiger partial charge is 0.465 e. The van der Waals surface area contributed by atoms with Gasteiger partial charge in [-0.25, -0.2) is 14.4 Å². The summed E-state index contributed by atoms with van der Waals surface area (Å²) in [5.41, 5.74) is 1.98. The van der Waals surface area contributed by atoms with Gasteiger partial charge in [-0.3, -0.25) is 9.59 Å². The van der Waals surface area contributed by atoms with Crippen LogP contribution in [0.1, 0.15) is 52.6 Å². The summed E-state index contributed by atoms with van der Waals surface area (Å²) in [5, 5.41) is 5.78. The molecule has 1 heterocycles. The number of hydrogen-bond acceptors (Lipinski definition) is 8. The van der Waals surface area contributed by atoms with E-state index >= 15 is 0 Å². The molecule has 11 heteroatoms. The van der Waals surface area contributed by atoms with Crippen molar-refractivity contribution in [3.63, 3.8) is 0 Å². The van der Waals surface area contributed by atoms with Gasteiger partial charge in [-0.15, -0.1) is 0 Å². The first-order valence-electron chi connectivity index (χ1n) is 13.8. The van der Waals surface area contributed by atoms with Crippen LogP contribution < -0.4 is 10.6 Å². The maximum absolute atomic E-state index is 13.2. The van der Waals surface area contributed by atoms with Crippen LogP contribution in [0.3, 0.4) is 0 Å². The molecule has 3 amide bonds. The zero-order chi connectivity index (χ0) is 30.9. The standard InChI is InChI=1S/C31H39N3O8/c1-31(2,3)42-30(39)34-18-24(26(35)32-16-14-20-6-10-22(11-7-20)28(37)40-4)25(19-34)27(36)33-17-15-21-8-12-23(13-9-21)29(38)41-5/h6-13,24-25H,14-19H2,1-5H3,(H,32,35)(H,33,36)/t24-,25-/m1/s1. The van der Waals surface area contributed by atoms with Crippen LogP contribution in [0, 0.1) is 11.8 Å². The Bertz CT molecular complexity index is 1180. The van der Waals surface area contributed by atoms with Crippen molar-refractivity contribution < 1.29 is 38.2 Å². The predicted octanol–water partition coefficient (Wildman–Crippen LogP) is 2.76. The topological polar surface area (TPSA) is 140 Å². The Kier molecular flexibility index (Phi) is 11.1. The first-order valence-corrected chi connectivity index (χ1v) is 13.8. The molecule has 1 aliphatic rings. The number of methoxy groups -OCH3 is 2. The van der Waals surface area contributed by atoms with E-state index in [4.69, 9.17) is 14.2 Å². The summed E-state index contributed by atoms with van der Waals surface area (Å²) in [5.74, 6) is -3.01. The van der Waals surface area contributed by atoms with Crippen molar-refractivity contribution in [1.82, 2.24) is 15.5 Å². The molecule has 0 radical (unpaired) electrons. The lowest BCUT2D eigenvalue weighted by Gasteiger charge is -2.24. The SMILES string of the molecule is COC(=O)c1ccc(CCNC(=O)[C@@H]2CN(C(=O)OC(C)(C)C)C[C@H]2C(=O)NCCc2ccc(C(=O)OC)cc2)cc1. The van der Waals surface area contributed by atoms with Gasteiger partial charge in [0.25, 0.3) is 0 Å². The Morgan fingerprint density at radius 2 is 1.10 bits per heavy atom. The molecule has 2 N–H and O–H groups in total. The molecule has 226 valence electrons. The highest BCUT2D eigenvalue weighted by atomic mass is 16.6. The fraction of sp³-hybridized carbons (Fsp3) is 0.452. The summed E-state index contributed by atoms with van der Waals surface area (Å²) in [6, 6.07) is 13.8. The lowest BCUT2D eigenvalue weighted by Crippen LogP contribution is -2.42. The Morgan fingerprint density at radius 1 is 0.714 bits per heavy atom. The molecular weight excluding hydrogens is 542 g/mol. The number of carbonyl (C=O) groups is 5. The van der Waals surface area contributed by atoms with Crippen LogP contribution in [-0.4, -0.2) is 80.7 Å². The second kappa shape index (κ2) is 14.5. The molecule has 0 aromatic heterocycles. The number of benzene rings is 2. The van der Waals surface area contributed by atoms with E-state index in [1.807, 2.05) is 0 Å². The Hall–Kier alpha value is -4.41. The molecule has 0 saturated carbocycles. The predicted molar refractivity (Wildman–Crippen MR) is 154 cm³/mol. The maximum atomic E-state index is 13.2. The highest BCUT2D eigenvalue weighted by molar-refractivity contribution is 5.90. The third-order valence-electron chi connectivity index (χ3n) is 6.82. The molecule has 2 aromatic carbocycles. The van der Waals surface area contributed by atoms with Crippen molar-refractivity contribution >= 4 is 29.8 Å². The third-order valence-corrected chi connectivity index (χ3v) is 6.82. The molecule has 0 unspecified atom stereocenters. The van der Waals surface area contributed by atoms with E-state index in [0.717, 1.165) is 11.1 Å². The van der Waals surface area contributed by atoms with E-state index in [0.29, 0.717) is 37.1 Å². The molecule has 3 rings (SSSR count). The van der Waals surface area contributed by atoms with Gasteiger partial charge in [0.1, 0.15) is 5.60 Å². The smallest absolute Gasteiger partial charge is 0.410 e. The van der Waals surface area contributed by atoms with Crippen molar-refractivity contribution in [2.75, 3.05) is 40.4 Å². The minimum absolute atomic E-state index is 0.0572. The second-order valence-electron chi connectivity index (χ2n) is 11.1. The van der Waals surface area contributed by atoms with E-state index in [1.165, 1.54) is 19.1 Å². The van der Waals surface area contributed by atoms with Crippen LogP contribution in [-0.2, 0) is 36.6 Å². The van der Waals surface area contributed by atoms with Crippen molar-refractivity contribution in [2.45, 2.75) is 39.2 Å². The van der Waals surface area contributed by atoms with Gasteiger partial charge in [0.05, 0.1) is 37.2 Å². The number of carbonyl (C=O) groups excluding carboxylic acids is 5. The number of rotatable bonds is 10. The van der Waals surface area contributed by atoms with Crippen molar-refractivity contribution in [3.05, 3.63) is 70.8 Å². The van der Waals surface area contributed by atoms with Gasteiger partial charge in [0, 0.05) is 26.2 Å². The van der Waals surface area contributed by atoms with Crippen molar-refractivity contribution in [2.24, 2.45) is 11.8 Å². The van der Waals surface area contributed by atoms with E-state index in [-0.39, 0.29) is 24.9 Å².